The molecule has 3 atom stereocenters. The highest BCUT2D eigenvalue weighted by atomic mass is 16.3. The first-order valence-corrected chi connectivity index (χ1v) is 22.6. The van der Waals surface area contributed by atoms with E-state index in [9.17, 15) is 15.3 Å². The van der Waals surface area contributed by atoms with Gasteiger partial charge in [0.15, 0.2) is 0 Å². The number of benzene rings is 4. The molecule has 4 rings (SSSR count). The summed E-state index contributed by atoms with van der Waals surface area (Å²) < 4.78 is 0. The summed E-state index contributed by atoms with van der Waals surface area (Å²) >= 11 is 0. The molecule has 60 heavy (non-hydrogen) atoms. The summed E-state index contributed by atoms with van der Waals surface area (Å²) in [6.07, 6.45) is 0. The number of phenols is 3. The normalized spacial score (nSPS) is 15.0. The van der Waals surface area contributed by atoms with Crippen LogP contribution in [0.25, 0.3) is 0 Å². The summed E-state index contributed by atoms with van der Waals surface area (Å²) in [7, 11) is 0. The predicted molar refractivity (Wildman–Crippen MR) is 260 cm³/mol. The lowest BCUT2D eigenvalue weighted by Crippen LogP contribution is -2.21. The van der Waals surface area contributed by atoms with Crippen LogP contribution < -0.4 is 0 Å². The lowest BCUT2D eigenvalue weighted by Gasteiger charge is -2.34. The van der Waals surface area contributed by atoms with Gasteiger partial charge in [0.2, 0.25) is 0 Å². The molecule has 3 unspecified atom stereocenters. The first kappa shape index (κ1) is 48.9. The molecule has 330 valence electrons. The molecule has 0 saturated heterocycles. The van der Waals surface area contributed by atoms with E-state index in [1.807, 2.05) is 0 Å². The van der Waals surface area contributed by atoms with Crippen molar-refractivity contribution in [2.45, 2.75) is 216 Å². The summed E-state index contributed by atoms with van der Waals surface area (Å²) in [5.74, 6) is 1.28. The van der Waals surface area contributed by atoms with E-state index in [0.717, 1.165) is 33.4 Å². The molecule has 0 fully saturated rings. The summed E-state index contributed by atoms with van der Waals surface area (Å²) in [6.45, 7) is 53.5. The topological polar surface area (TPSA) is 60.7 Å². The van der Waals surface area contributed by atoms with Gasteiger partial charge >= 0.3 is 0 Å². The van der Waals surface area contributed by atoms with E-state index in [2.05, 4.69) is 203 Å². The van der Waals surface area contributed by atoms with Crippen LogP contribution in [0.5, 0.6) is 17.2 Å². The zero-order chi connectivity index (χ0) is 46.4. The third kappa shape index (κ3) is 9.36. The predicted octanol–water partition coefficient (Wildman–Crippen LogP) is 16.0. The first-order chi connectivity index (χ1) is 26.8. The fourth-order valence-corrected chi connectivity index (χ4v) is 9.88. The van der Waals surface area contributed by atoms with Gasteiger partial charge in [0.05, 0.1) is 0 Å². The van der Waals surface area contributed by atoms with Crippen LogP contribution in [-0.2, 0) is 32.5 Å². The van der Waals surface area contributed by atoms with E-state index in [0.29, 0.717) is 17.2 Å². The summed E-state index contributed by atoms with van der Waals surface area (Å²) in [4.78, 5) is 0. The molecule has 0 heterocycles. The highest BCUT2D eigenvalue weighted by molar-refractivity contribution is 5.62. The fraction of sp³-hybridized carbons (Fsp3) is 0.579. The lowest BCUT2D eigenvalue weighted by molar-refractivity contribution is 0.421. The fourth-order valence-electron chi connectivity index (χ4n) is 9.88. The van der Waals surface area contributed by atoms with E-state index in [-0.39, 0.29) is 50.2 Å². The standard InChI is InChI=1S/C57H84O3/c1-31(37-25-40(52(7,8)9)49(58)41(26-37)53(10,11)12)46-34(4)47(32(2)38-27-42(54(13,14)15)50(59)43(28-38)55(16,17)18)36(6)48(35(46)5)33(3)39-29-44(56(19,20)21)51(60)45(30-39)57(22,23)24/h25-33,58-60H,1-24H3. The van der Waals surface area contributed by atoms with Crippen molar-refractivity contribution in [3.05, 3.63) is 120 Å². The van der Waals surface area contributed by atoms with Crippen LogP contribution in [0.2, 0.25) is 0 Å². The molecule has 4 aromatic rings. The molecule has 0 aliphatic rings. The minimum Gasteiger partial charge on any atom is -0.507 e. The van der Waals surface area contributed by atoms with Crippen LogP contribution in [0.1, 0.15) is 247 Å². The smallest absolute Gasteiger partial charge is 0.123 e. The van der Waals surface area contributed by atoms with Crippen molar-refractivity contribution in [3.8, 4) is 17.2 Å². The Morgan fingerprint density at radius 1 is 0.300 bits per heavy atom. The summed E-state index contributed by atoms with van der Waals surface area (Å²) in [6, 6.07) is 13.6. The number of rotatable bonds is 6. The van der Waals surface area contributed by atoms with Gasteiger partial charge in [-0.15, -0.1) is 0 Å². The van der Waals surface area contributed by atoms with Crippen molar-refractivity contribution in [2.24, 2.45) is 0 Å². The number of aromatic hydroxyl groups is 3. The van der Waals surface area contributed by atoms with Crippen LogP contribution in [0.3, 0.4) is 0 Å². The largest absolute Gasteiger partial charge is 0.507 e. The van der Waals surface area contributed by atoms with Crippen LogP contribution in [-0.4, -0.2) is 15.3 Å². The molecule has 0 amide bonds. The Morgan fingerprint density at radius 2 is 0.433 bits per heavy atom. The monoisotopic (exact) mass is 817 g/mol. The molecule has 3 N–H and O–H groups in total. The van der Waals surface area contributed by atoms with E-state index in [1.54, 1.807) is 0 Å². The Balaban J connectivity index is 2.23. The average molecular weight is 817 g/mol. The van der Waals surface area contributed by atoms with Gasteiger partial charge in [0, 0.05) is 17.8 Å². The highest BCUT2D eigenvalue weighted by Gasteiger charge is 2.34. The molecule has 4 aromatic carbocycles. The van der Waals surface area contributed by atoms with Crippen molar-refractivity contribution in [3.63, 3.8) is 0 Å². The van der Waals surface area contributed by atoms with Crippen LogP contribution in [0.15, 0.2) is 36.4 Å². The highest BCUT2D eigenvalue weighted by Crippen LogP contribution is 2.50. The van der Waals surface area contributed by atoms with Crippen molar-refractivity contribution in [1.82, 2.24) is 0 Å². The maximum Gasteiger partial charge on any atom is 0.123 e. The first-order valence-electron chi connectivity index (χ1n) is 22.6. The zero-order valence-corrected chi connectivity index (χ0v) is 42.5. The molecule has 0 aliphatic heterocycles. The summed E-state index contributed by atoms with van der Waals surface area (Å²) in [5, 5.41) is 35.4. The van der Waals surface area contributed by atoms with Crippen molar-refractivity contribution < 1.29 is 15.3 Å². The molecule has 0 radical (unpaired) electrons. The molecule has 0 aliphatic carbocycles. The van der Waals surface area contributed by atoms with E-state index >= 15 is 0 Å². The lowest BCUT2D eigenvalue weighted by atomic mass is 9.70. The van der Waals surface area contributed by atoms with E-state index < -0.39 is 0 Å². The zero-order valence-electron chi connectivity index (χ0n) is 42.5. The van der Waals surface area contributed by atoms with Gasteiger partial charge < -0.3 is 15.3 Å². The second kappa shape index (κ2) is 15.9. The number of hydrogen-bond acceptors (Lipinski definition) is 3. The molecular weight excluding hydrogens is 733 g/mol. The van der Waals surface area contributed by atoms with Crippen molar-refractivity contribution in [1.29, 1.82) is 0 Å². The Hall–Kier alpha value is -3.72. The number of phenolic OH excluding ortho intramolecular Hbond substituents is 3. The average Bonchev–Trinajstić information content (AvgIpc) is 3.05. The van der Waals surface area contributed by atoms with E-state index in [1.165, 1.54) is 50.1 Å². The van der Waals surface area contributed by atoms with Gasteiger partial charge in [-0.3, -0.25) is 0 Å². The Labute approximate surface area is 367 Å². The second-order valence-electron chi connectivity index (χ2n) is 24.7. The Bertz CT molecular complexity index is 1870. The second-order valence-corrected chi connectivity index (χ2v) is 24.7. The van der Waals surface area contributed by atoms with Gasteiger partial charge in [-0.1, -0.05) is 182 Å². The van der Waals surface area contributed by atoms with Gasteiger partial charge in [0.1, 0.15) is 17.2 Å². The van der Waals surface area contributed by atoms with Gasteiger partial charge in [0.25, 0.3) is 0 Å². The molecule has 0 spiro atoms. The van der Waals surface area contributed by atoms with Gasteiger partial charge in [-0.05, 0) is 137 Å². The Kier molecular flexibility index (Phi) is 13.0. The third-order valence-corrected chi connectivity index (χ3v) is 13.5. The molecule has 0 bridgehead atoms. The minimum atomic E-state index is -0.251. The summed E-state index contributed by atoms with van der Waals surface area (Å²) in [5.41, 5.74) is 15.8. The van der Waals surface area contributed by atoms with Gasteiger partial charge in [-0.25, -0.2) is 0 Å². The maximum absolute atomic E-state index is 11.8. The van der Waals surface area contributed by atoms with Crippen LogP contribution in [0.4, 0.5) is 0 Å². The third-order valence-electron chi connectivity index (χ3n) is 13.5. The van der Waals surface area contributed by atoms with Crippen molar-refractivity contribution >= 4 is 0 Å². The Morgan fingerprint density at radius 3 is 0.550 bits per heavy atom. The maximum atomic E-state index is 11.8. The molecule has 0 saturated carbocycles. The molecular formula is C57H84O3. The SMILES string of the molecule is Cc1c(C(C)c2cc(C(C)(C)C)c(O)c(C(C)(C)C)c2)c(C)c(C(C)c2cc(C(C)(C)C)c(O)c(C(C)(C)C)c2)c(C)c1C(C)c1cc(C(C)(C)C)c(O)c(C(C)(C)C)c1. The molecule has 3 heteroatoms. The molecule has 0 aromatic heterocycles. The minimum absolute atomic E-state index is 0.0236. The quantitative estimate of drug-likeness (QED) is 0.182. The van der Waals surface area contributed by atoms with Crippen molar-refractivity contribution in [2.75, 3.05) is 0 Å². The number of hydrogen-bond donors (Lipinski definition) is 3. The van der Waals surface area contributed by atoms with E-state index in [4.69, 9.17) is 0 Å². The van der Waals surface area contributed by atoms with Crippen LogP contribution >= 0.6 is 0 Å². The van der Waals surface area contributed by atoms with Gasteiger partial charge in [-0.2, -0.15) is 0 Å². The van der Waals surface area contributed by atoms with Crippen LogP contribution in [0, 0.1) is 20.8 Å². The molecule has 3 nitrogen and oxygen atoms in total.